The van der Waals surface area contributed by atoms with Gasteiger partial charge < -0.3 is 4.98 Å². The van der Waals surface area contributed by atoms with Gasteiger partial charge in [-0.3, -0.25) is 0 Å². The first-order valence-corrected chi connectivity index (χ1v) is 5.85. The minimum atomic E-state index is 0.877. The average molecular weight is 185 g/mol. The number of fused-ring (bicyclic) bond motifs is 4. The normalized spacial score (nSPS) is 32.0. The first-order chi connectivity index (χ1) is 6.92. The van der Waals surface area contributed by atoms with E-state index in [2.05, 4.69) is 17.1 Å². The van der Waals surface area contributed by atoms with Gasteiger partial charge in [0.05, 0.1) is 0 Å². The van der Waals surface area contributed by atoms with Gasteiger partial charge >= 0.3 is 0 Å². The molecule has 0 amide bonds. The van der Waals surface area contributed by atoms with Crippen molar-refractivity contribution in [2.75, 3.05) is 0 Å². The number of hydrogen-bond donors (Lipinski definition) is 1. The fourth-order valence-electron chi connectivity index (χ4n) is 3.10. The van der Waals surface area contributed by atoms with Crippen molar-refractivity contribution in [3.8, 4) is 0 Å². The first-order valence-electron chi connectivity index (χ1n) is 5.85. The Balaban J connectivity index is 2.05. The molecule has 1 heterocycles. The lowest BCUT2D eigenvalue weighted by Gasteiger charge is -2.10. The van der Waals surface area contributed by atoms with Gasteiger partial charge in [-0.25, -0.2) is 0 Å². The van der Waals surface area contributed by atoms with Gasteiger partial charge in [-0.1, -0.05) is 12.2 Å². The summed E-state index contributed by atoms with van der Waals surface area (Å²) in [4.78, 5) is 3.62. The molecule has 0 bridgehead atoms. The van der Waals surface area contributed by atoms with Crippen LogP contribution < -0.4 is 10.6 Å². The van der Waals surface area contributed by atoms with Gasteiger partial charge in [-0.15, -0.1) is 0 Å². The molecule has 1 N–H and O–H groups in total. The van der Waals surface area contributed by atoms with Gasteiger partial charge in [-0.05, 0) is 54.7 Å². The number of aromatic nitrogens is 1. The Morgan fingerprint density at radius 2 is 1.93 bits per heavy atom. The topological polar surface area (TPSA) is 15.8 Å². The lowest BCUT2D eigenvalue weighted by atomic mass is 9.96. The van der Waals surface area contributed by atoms with Gasteiger partial charge in [-0.2, -0.15) is 0 Å². The molecule has 1 heteroatoms. The predicted octanol–water partition coefficient (Wildman–Crippen LogP) is 1.10. The van der Waals surface area contributed by atoms with E-state index in [-0.39, 0.29) is 0 Å². The summed E-state index contributed by atoms with van der Waals surface area (Å²) >= 11 is 0. The van der Waals surface area contributed by atoms with Crippen molar-refractivity contribution in [1.29, 1.82) is 0 Å². The number of nitrogens with one attached hydrogen (secondary N) is 1. The molecular formula is C13H15N. The van der Waals surface area contributed by atoms with Crippen molar-refractivity contribution in [1.82, 2.24) is 4.98 Å². The third-order valence-electron chi connectivity index (χ3n) is 4.02. The summed E-state index contributed by atoms with van der Waals surface area (Å²) in [6.45, 7) is 0. The van der Waals surface area contributed by atoms with Crippen LogP contribution in [0.15, 0.2) is 0 Å². The third kappa shape index (κ3) is 0.853. The average Bonchev–Trinajstić information content (AvgIpc) is 2.87. The van der Waals surface area contributed by atoms with Gasteiger partial charge in [0.25, 0.3) is 0 Å². The Hall–Kier alpha value is -0.980. The highest BCUT2D eigenvalue weighted by atomic mass is 14.7. The summed E-state index contributed by atoms with van der Waals surface area (Å²) in [7, 11) is 0. The van der Waals surface area contributed by atoms with Crippen LogP contribution in [0.25, 0.3) is 12.2 Å². The van der Waals surface area contributed by atoms with Crippen molar-refractivity contribution in [3.63, 3.8) is 0 Å². The van der Waals surface area contributed by atoms with Crippen LogP contribution in [-0.4, -0.2) is 4.98 Å². The summed E-state index contributed by atoms with van der Waals surface area (Å²) in [5.74, 6) is 1.77. The van der Waals surface area contributed by atoms with Gasteiger partial charge in [0, 0.05) is 11.0 Å². The molecule has 72 valence electrons. The molecule has 3 aliphatic carbocycles. The summed E-state index contributed by atoms with van der Waals surface area (Å²) in [5, 5.41) is 3.01. The minimum Gasteiger partial charge on any atom is -0.358 e. The molecule has 3 aliphatic rings. The smallest absolute Gasteiger partial charge is 0.0418 e. The molecule has 1 fully saturated rings. The Morgan fingerprint density at radius 3 is 2.93 bits per heavy atom. The quantitative estimate of drug-likeness (QED) is 0.623. The van der Waals surface area contributed by atoms with E-state index in [1.807, 2.05) is 0 Å². The maximum Gasteiger partial charge on any atom is 0.0418 e. The maximum absolute atomic E-state index is 3.62. The zero-order valence-electron chi connectivity index (χ0n) is 8.34. The molecule has 1 aromatic rings. The molecule has 0 aliphatic heterocycles. The molecule has 1 saturated carbocycles. The molecule has 2 unspecified atom stereocenters. The molecule has 4 rings (SSSR count). The van der Waals surface area contributed by atoms with Crippen LogP contribution in [0.3, 0.4) is 0 Å². The van der Waals surface area contributed by atoms with Crippen LogP contribution in [0, 0.1) is 11.8 Å². The van der Waals surface area contributed by atoms with E-state index in [0.29, 0.717) is 0 Å². The van der Waals surface area contributed by atoms with E-state index in [4.69, 9.17) is 0 Å². The summed E-state index contributed by atoms with van der Waals surface area (Å²) in [6.07, 6.45) is 11.7. The van der Waals surface area contributed by atoms with Crippen LogP contribution in [-0.2, 0) is 12.8 Å². The standard InChI is InChI=1S/C13H15N/c1-2-4-12-10(3-1)11-6-8-5-9(8)7-13(11)14-12/h6-9,14H,1-5H2. The van der Waals surface area contributed by atoms with E-state index in [0.717, 1.165) is 11.8 Å². The SMILES string of the molecule is C1=c2[nH]c3c(c2=CC2CC12)CCCC3. The van der Waals surface area contributed by atoms with E-state index in [9.17, 15) is 0 Å². The Labute approximate surface area is 83.5 Å². The van der Waals surface area contributed by atoms with E-state index in [1.54, 1.807) is 10.8 Å². The lowest BCUT2D eigenvalue weighted by Crippen LogP contribution is -2.27. The van der Waals surface area contributed by atoms with E-state index >= 15 is 0 Å². The fraction of sp³-hybridized carbons (Fsp3) is 0.538. The van der Waals surface area contributed by atoms with Crippen molar-refractivity contribution < 1.29 is 0 Å². The summed E-state index contributed by atoms with van der Waals surface area (Å²) in [6, 6.07) is 0. The monoisotopic (exact) mass is 185 g/mol. The zero-order chi connectivity index (χ0) is 9.12. The van der Waals surface area contributed by atoms with Gasteiger partial charge in [0.15, 0.2) is 0 Å². The van der Waals surface area contributed by atoms with Crippen LogP contribution in [0.5, 0.6) is 0 Å². The van der Waals surface area contributed by atoms with Crippen molar-refractivity contribution in [3.05, 3.63) is 21.8 Å². The second-order valence-corrected chi connectivity index (χ2v) is 5.01. The number of rotatable bonds is 0. The highest BCUT2D eigenvalue weighted by Crippen LogP contribution is 2.42. The van der Waals surface area contributed by atoms with Crippen LogP contribution in [0.2, 0.25) is 0 Å². The van der Waals surface area contributed by atoms with E-state index < -0.39 is 0 Å². The van der Waals surface area contributed by atoms with Crippen molar-refractivity contribution in [2.45, 2.75) is 32.1 Å². The van der Waals surface area contributed by atoms with Gasteiger partial charge in [0.1, 0.15) is 0 Å². The highest BCUT2D eigenvalue weighted by molar-refractivity contribution is 5.51. The fourth-order valence-corrected chi connectivity index (χ4v) is 3.10. The number of aromatic amines is 1. The molecule has 14 heavy (non-hydrogen) atoms. The maximum atomic E-state index is 3.62. The molecule has 0 spiro atoms. The molecule has 1 nitrogen and oxygen atoms in total. The summed E-state index contributed by atoms with van der Waals surface area (Å²) < 4.78 is 0. The second-order valence-electron chi connectivity index (χ2n) is 5.01. The Bertz CT molecular complexity index is 506. The first kappa shape index (κ1) is 7.33. The lowest BCUT2D eigenvalue weighted by molar-refractivity contribution is 0.675. The van der Waals surface area contributed by atoms with Gasteiger partial charge in [0.2, 0.25) is 0 Å². The largest absolute Gasteiger partial charge is 0.358 e. The highest BCUT2D eigenvalue weighted by Gasteiger charge is 2.35. The second kappa shape index (κ2) is 2.33. The van der Waals surface area contributed by atoms with Crippen molar-refractivity contribution >= 4 is 12.2 Å². The predicted molar refractivity (Wildman–Crippen MR) is 57.2 cm³/mol. The van der Waals surface area contributed by atoms with Crippen LogP contribution in [0.4, 0.5) is 0 Å². The Morgan fingerprint density at radius 1 is 1.07 bits per heavy atom. The minimum absolute atomic E-state index is 0.877. The molecule has 0 aromatic carbocycles. The molecular weight excluding hydrogens is 170 g/mol. The van der Waals surface area contributed by atoms with Crippen LogP contribution in [0.1, 0.15) is 30.5 Å². The van der Waals surface area contributed by atoms with Crippen molar-refractivity contribution in [2.24, 2.45) is 11.8 Å². The zero-order valence-corrected chi connectivity index (χ0v) is 8.34. The number of hydrogen-bond acceptors (Lipinski definition) is 0. The molecule has 0 radical (unpaired) electrons. The number of aryl methyl sites for hydroxylation is 1. The van der Waals surface area contributed by atoms with Crippen LogP contribution >= 0.6 is 0 Å². The van der Waals surface area contributed by atoms with E-state index in [1.165, 1.54) is 43.1 Å². The molecule has 1 aromatic heterocycles. The Kier molecular flexibility index (Phi) is 1.22. The summed E-state index contributed by atoms with van der Waals surface area (Å²) in [5.41, 5.74) is 3.18. The molecule has 2 atom stereocenters. The molecule has 0 saturated heterocycles. The third-order valence-corrected chi connectivity index (χ3v) is 4.02. The number of H-pyrrole nitrogens is 1.